The summed E-state index contributed by atoms with van der Waals surface area (Å²) >= 11 is 0. The highest BCUT2D eigenvalue weighted by Gasteiger charge is 2.13. The molecule has 0 fully saturated rings. The van der Waals surface area contributed by atoms with Crippen LogP contribution >= 0.6 is 0 Å². The van der Waals surface area contributed by atoms with E-state index in [0.717, 1.165) is 23.4 Å². The van der Waals surface area contributed by atoms with Gasteiger partial charge in [-0.05, 0) is 50.5 Å². The third-order valence-electron chi connectivity index (χ3n) is 3.33. The molecule has 0 aromatic carbocycles. The van der Waals surface area contributed by atoms with Crippen molar-refractivity contribution in [3.05, 3.63) is 46.5 Å². The molecule has 2 N–H and O–H groups in total. The van der Waals surface area contributed by atoms with Crippen LogP contribution < -0.4 is 5.73 Å². The molecule has 1 unspecified atom stereocenters. The van der Waals surface area contributed by atoms with Crippen LogP contribution in [-0.4, -0.2) is 20.8 Å². The second-order valence-electron chi connectivity index (χ2n) is 5.15. The van der Waals surface area contributed by atoms with Gasteiger partial charge in [0.05, 0.1) is 12.2 Å². The van der Waals surface area contributed by atoms with Crippen molar-refractivity contribution in [2.24, 2.45) is 5.73 Å². The van der Waals surface area contributed by atoms with Crippen LogP contribution in [0.25, 0.3) is 0 Å². The molecule has 1 atom stereocenters. The van der Waals surface area contributed by atoms with E-state index in [0.29, 0.717) is 12.2 Å². The standard InChI is InChI=1S/C15H19N5/c1-10(17)6-15-11(2)19-20(12(15)3)9-13-4-5-18-14(7-13)8-16/h4-5,7,10H,6,9,17H2,1-3H3. The summed E-state index contributed by atoms with van der Waals surface area (Å²) in [6.07, 6.45) is 2.49. The molecule has 2 heterocycles. The number of nitrogens with two attached hydrogens (primary N) is 1. The first-order valence-electron chi connectivity index (χ1n) is 6.64. The van der Waals surface area contributed by atoms with Crippen LogP contribution in [0, 0.1) is 25.2 Å². The van der Waals surface area contributed by atoms with E-state index in [1.165, 1.54) is 5.56 Å². The monoisotopic (exact) mass is 269 g/mol. The summed E-state index contributed by atoms with van der Waals surface area (Å²) in [5.41, 5.74) is 10.7. The maximum Gasteiger partial charge on any atom is 0.140 e. The van der Waals surface area contributed by atoms with E-state index in [1.54, 1.807) is 12.3 Å². The second-order valence-corrected chi connectivity index (χ2v) is 5.15. The first kappa shape index (κ1) is 14.2. The van der Waals surface area contributed by atoms with E-state index < -0.39 is 0 Å². The number of hydrogen-bond donors (Lipinski definition) is 1. The van der Waals surface area contributed by atoms with Gasteiger partial charge in [-0.25, -0.2) is 4.98 Å². The van der Waals surface area contributed by atoms with Crippen molar-refractivity contribution >= 4 is 0 Å². The Hall–Kier alpha value is -2.19. The van der Waals surface area contributed by atoms with Gasteiger partial charge in [0.25, 0.3) is 0 Å². The zero-order chi connectivity index (χ0) is 14.7. The van der Waals surface area contributed by atoms with Gasteiger partial charge in [-0.15, -0.1) is 0 Å². The molecular formula is C15H19N5. The van der Waals surface area contributed by atoms with Gasteiger partial charge in [0.15, 0.2) is 0 Å². The fourth-order valence-corrected chi connectivity index (χ4v) is 2.31. The largest absolute Gasteiger partial charge is 0.328 e. The molecule has 0 radical (unpaired) electrons. The van der Waals surface area contributed by atoms with Crippen molar-refractivity contribution < 1.29 is 0 Å². The van der Waals surface area contributed by atoms with Gasteiger partial charge < -0.3 is 5.73 Å². The topological polar surface area (TPSA) is 80.5 Å². The third kappa shape index (κ3) is 3.03. The maximum atomic E-state index is 8.88. The van der Waals surface area contributed by atoms with E-state index in [1.807, 2.05) is 24.6 Å². The zero-order valence-electron chi connectivity index (χ0n) is 12.1. The number of hydrogen-bond acceptors (Lipinski definition) is 4. The molecule has 20 heavy (non-hydrogen) atoms. The van der Waals surface area contributed by atoms with Gasteiger partial charge in [-0.2, -0.15) is 10.4 Å². The number of nitrogens with zero attached hydrogens (tertiary/aromatic N) is 4. The van der Waals surface area contributed by atoms with Crippen LogP contribution in [-0.2, 0) is 13.0 Å². The minimum atomic E-state index is 0.121. The van der Waals surface area contributed by atoms with Crippen molar-refractivity contribution in [1.82, 2.24) is 14.8 Å². The number of rotatable bonds is 4. The molecule has 0 bridgehead atoms. The first-order valence-corrected chi connectivity index (χ1v) is 6.64. The summed E-state index contributed by atoms with van der Waals surface area (Å²) < 4.78 is 1.96. The molecule has 104 valence electrons. The second kappa shape index (κ2) is 5.85. The van der Waals surface area contributed by atoms with Gasteiger partial charge in [0.2, 0.25) is 0 Å². The Balaban J connectivity index is 2.28. The highest BCUT2D eigenvalue weighted by molar-refractivity contribution is 5.28. The Morgan fingerprint density at radius 3 is 2.85 bits per heavy atom. The molecular weight excluding hydrogens is 250 g/mol. The van der Waals surface area contributed by atoms with Gasteiger partial charge in [-0.1, -0.05) is 0 Å². The van der Waals surface area contributed by atoms with Crippen LogP contribution in [0.15, 0.2) is 18.3 Å². The molecule has 0 saturated heterocycles. The molecule has 0 aliphatic rings. The highest BCUT2D eigenvalue weighted by atomic mass is 15.3. The normalized spacial score (nSPS) is 12.2. The summed E-state index contributed by atoms with van der Waals surface area (Å²) in [4.78, 5) is 3.98. The Morgan fingerprint density at radius 2 is 2.20 bits per heavy atom. The lowest BCUT2D eigenvalue weighted by atomic mass is 10.1. The minimum absolute atomic E-state index is 0.121. The predicted octanol–water partition coefficient (Wildman–Crippen LogP) is 1.70. The summed E-state index contributed by atoms with van der Waals surface area (Å²) in [5, 5.41) is 13.5. The third-order valence-corrected chi connectivity index (χ3v) is 3.33. The molecule has 0 aliphatic carbocycles. The van der Waals surface area contributed by atoms with Crippen LogP contribution in [0.3, 0.4) is 0 Å². The van der Waals surface area contributed by atoms with Crippen LogP contribution in [0.4, 0.5) is 0 Å². The van der Waals surface area contributed by atoms with Gasteiger partial charge in [-0.3, -0.25) is 4.68 Å². The lowest BCUT2D eigenvalue weighted by Gasteiger charge is -2.07. The molecule has 0 saturated carbocycles. The van der Waals surface area contributed by atoms with Gasteiger partial charge in [0, 0.05) is 17.9 Å². The van der Waals surface area contributed by atoms with Crippen molar-refractivity contribution in [1.29, 1.82) is 5.26 Å². The molecule has 5 nitrogen and oxygen atoms in total. The quantitative estimate of drug-likeness (QED) is 0.916. The lowest BCUT2D eigenvalue weighted by molar-refractivity contribution is 0.655. The number of aromatic nitrogens is 3. The molecule has 0 spiro atoms. The van der Waals surface area contributed by atoms with E-state index in [2.05, 4.69) is 23.1 Å². The minimum Gasteiger partial charge on any atom is -0.328 e. The maximum absolute atomic E-state index is 8.88. The number of aryl methyl sites for hydroxylation is 1. The van der Waals surface area contributed by atoms with Crippen molar-refractivity contribution in [3.8, 4) is 6.07 Å². The lowest BCUT2D eigenvalue weighted by Crippen LogP contribution is -2.18. The Labute approximate surface area is 119 Å². The average molecular weight is 269 g/mol. The Kier molecular flexibility index (Phi) is 4.16. The molecule has 2 rings (SSSR count). The number of nitriles is 1. The predicted molar refractivity (Wildman–Crippen MR) is 77.1 cm³/mol. The first-order chi connectivity index (χ1) is 9.51. The van der Waals surface area contributed by atoms with E-state index in [4.69, 9.17) is 11.0 Å². The Morgan fingerprint density at radius 1 is 1.45 bits per heavy atom. The SMILES string of the molecule is Cc1nn(Cc2ccnc(C#N)c2)c(C)c1CC(C)N. The van der Waals surface area contributed by atoms with Crippen molar-refractivity contribution in [3.63, 3.8) is 0 Å². The summed E-state index contributed by atoms with van der Waals surface area (Å²) in [5.74, 6) is 0. The molecule has 5 heteroatoms. The summed E-state index contributed by atoms with van der Waals surface area (Å²) in [6.45, 7) is 6.71. The van der Waals surface area contributed by atoms with Crippen LogP contribution in [0.1, 0.15) is 35.1 Å². The fourth-order valence-electron chi connectivity index (χ4n) is 2.31. The summed E-state index contributed by atoms with van der Waals surface area (Å²) in [7, 11) is 0. The van der Waals surface area contributed by atoms with E-state index in [9.17, 15) is 0 Å². The average Bonchev–Trinajstić information content (AvgIpc) is 2.66. The van der Waals surface area contributed by atoms with E-state index in [-0.39, 0.29) is 6.04 Å². The van der Waals surface area contributed by atoms with Crippen LogP contribution in [0.2, 0.25) is 0 Å². The Bertz CT molecular complexity index is 649. The van der Waals surface area contributed by atoms with Crippen molar-refractivity contribution in [2.75, 3.05) is 0 Å². The molecule has 2 aromatic rings. The highest BCUT2D eigenvalue weighted by Crippen LogP contribution is 2.16. The van der Waals surface area contributed by atoms with Crippen molar-refractivity contribution in [2.45, 2.75) is 39.8 Å². The fraction of sp³-hybridized carbons (Fsp3) is 0.400. The van der Waals surface area contributed by atoms with Crippen LogP contribution in [0.5, 0.6) is 0 Å². The molecule has 0 aliphatic heterocycles. The van der Waals surface area contributed by atoms with Gasteiger partial charge >= 0.3 is 0 Å². The zero-order valence-corrected chi connectivity index (χ0v) is 12.1. The molecule has 2 aromatic heterocycles. The summed E-state index contributed by atoms with van der Waals surface area (Å²) in [6, 6.07) is 5.87. The van der Waals surface area contributed by atoms with Gasteiger partial charge in [0.1, 0.15) is 11.8 Å². The van der Waals surface area contributed by atoms with E-state index >= 15 is 0 Å². The smallest absolute Gasteiger partial charge is 0.140 e. The number of pyridine rings is 1. The molecule has 0 amide bonds.